The molecule has 1 aromatic carbocycles. The van der Waals surface area contributed by atoms with E-state index in [1.807, 2.05) is 13.0 Å². The van der Waals surface area contributed by atoms with Gasteiger partial charge in [0.1, 0.15) is 11.3 Å². The third-order valence-electron chi connectivity index (χ3n) is 2.27. The van der Waals surface area contributed by atoms with Crippen molar-refractivity contribution in [2.24, 2.45) is 0 Å². The van der Waals surface area contributed by atoms with E-state index in [0.29, 0.717) is 10.4 Å². The summed E-state index contributed by atoms with van der Waals surface area (Å²) in [5.74, 6) is -0.411. The fraction of sp³-hybridized carbons (Fsp3) is 0.0769. The Bertz CT molecular complexity index is 581. The fourth-order valence-corrected chi connectivity index (χ4v) is 1.75. The predicted molar refractivity (Wildman–Crippen MR) is 70.1 cm³/mol. The molecular weight excluding hydrogens is 298 g/mol. The van der Waals surface area contributed by atoms with Crippen LogP contribution in [-0.2, 0) is 0 Å². The Labute approximate surface area is 112 Å². The zero-order valence-corrected chi connectivity index (χ0v) is 11.1. The molecule has 0 bridgehead atoms. The van der Waals surface area contributed by atoms with Crippen LogP contribution in [0.5, 0.6) is 11.6 Å². The molecule has 92 valence electrons. The molecule has 0 unspecified atom stereocenters. The second-order valence-electron chi connectivity index (χ2n) is 3.72. The number of hydrogen-bond acceptors (Lipinski definition) is 3. The summed E-state index contributed by atoms with van der Waals surface area (Å²) in [6, 6.07) is 8.35. The van der Waals surface area contributed by atoms with Gasteiger partial charge in [-0.2, -0.15) is 0 Å². The molecule has 0 amide bonds. The number of aromatic carboxylic acids is 1. The highest BCUT2D eigenvalue weighted by atomic mass is 79.9. The summed E-state index contributed by atoms with van der Waals surface area (Å²) < 4.78 is 6.15. The highest BCUT2D eigenvalue weighted by Crippen LogP contribution is 2.27. The van der Waals surface area contributed by atoms with Crippen molar-refractivity contribution in [1.29, 1.82) is 0 Å². The molecule has 2 aromatic rings. The zero-order valence-electron chi connectivity index (χ0n) is 9.55. The predicted octanol–water partition coefficient (Wildman–Crippen LogP) is 3.64. The molecule has 4 nitrogen and oxygen atoms in total. The van der Waals surface area contributed by atoms with E-state index in [0.717, 1.165) is 5.56 Å². The van der Waals surface area contributed by atoms with Gasteiger partial charge in [0.05, 0.1) is 0 Å². The SMILES string of the molecule is Cc1ccc(Oc2ccc(Br)cc2C(=O)O)nc1. The van der Waals surface area contributed by atoms with Crippen LogP contribution in [0.1, 0.15) is 15.9 Å². The van der Waals surface area contributed by atoms with E-state index in [1.165, 1.54) is 6.07 Å². The molecule has 1 N–H and O–H groups in total. The van der Waals surface area contributed by atoms with Crippen LogP contribution in [0, 0.1) is 6.92 Å². The molecule has 0 radical (unpaired) electrons. The van der Waals surface area contributed by atoms with Gasteiger partial charge in [-0.1, -0.05) is 22.0 Å². The van der Waals surface area contributed by atoms with E-state index < -0.39 is 5.97 Å². The number of halogens is 1. The molecule has 0 saturated carbocycles. The second kappa shape index (κ2) is 5.18. The van der Waals surface area contributed by atoms with Crippen LogP contribution in [0.2, 0.25) is 0 Å². The smallest absolute Gasteiger partial charge is 0.339 e. The molecule has 0 aliphatic heterocycles. The summed E-state index contributed by atoms with van der Waals surface area (Å²) in [5, 5.41) is 9.09. The number of benzene rings is 1. The van der Waals surface area contributed by atoms with Gasteiger partial charge in [0.25, 0.3) is 0 Å². The third-order valence-corrected chi connectivity index (χ3v) is 2.76. The van der Waals surface area contributed by atoms with Crippen LogP contribution in [-0.4, -0.2) is 16.1 Å². The number of carbonyl (C=O) groups is 1. The first-order valence-electron chi connectivity index (χ1n) is 5.19. The normalized spacial score (nSPS) is 10.1. The third kappa shape index (κ3) is 2.87. The van der Waals surface area contributed by atoms with Crippen molar-refractivity contribution in [3.63, 3.8) is 0 Å². The van der Waals surface area contributed by atoms with Gasteiger partial charge >= 0.3 is 5.97 Å². The molecule has 0 saturated heterocycles. The Morgan fingerprint density at radius 2 is 2.11 bits per heavy atom. The Kier molecular flexibility index (Phi) is 3.62. The van der Waals surface area contributed by atoms with Crippen molar-refractivity contribution in [2.45, 2.75) is 6.92 Å². The first-order valence-corrected chi connectivity index (χ1v) is 5.99. The van der Waals surface area contributed by atoms with Gasteiger partial charge in [0, 0.05) is 16.7 Å². The van der Waals surface area contributed by atoms with Crippen LogP contribution >= 0.6 is 15.9 Å². The highest BCUT2D eigenvalue weighted by molar-refractivity contribution is 9.10. The van der Waals surface area contributed by atoms with Crippen molar-refractivity contribution >= 4 is 21.9 Å². The molecule has 0 fully saturated rings. The molecule has 1 aromatic heterocycles. The summed E-state index contributed by atoms with van der Waals surface area (Å²) in [7, 11) is 0. The van der Waals surface area contributed by atoms with E-state index in [9.17, 15) is 4.79 Å². The molecular formula is C13H10BrNO3. The molecule has 0 atom stereocenters. The van der Waals surface area contributed by atoms with E-state index in [2.05, 4.69) is 20.9 Å². The molecule has 0 aliphatic carbocycles. The lowest BCUT2D eigenvalue weighted by Crippen LogP contribution is -2.00. The lowest BCUT2D eigenvalue weighted by atomic mass is 10.2. The number of aryl methyl sites for hydroxylation is 1. The van der Waals surface area contributed by atoms with Gasteiger partial charge in [0.2, 0.25) is 5.88 Å². The average molecular weight is 308 g/mol. The topological polar surface area (TPSA) is 59.4 Å². The summed E-state index contributed by atoms with van der Waals surface area (Å²) in [6.45, 7) is 1.92. The molecule has 0 spiro atoms. The van der Waals surface area contributed by atoms with E-state index in [4.69, 9.17) is 9.84 Å². The summed E-state index contributed by atoms with van der Waals surface area (Å²) in [5.41, 5.74) is 1.10. The lowest BCUT2D eigenvalue weighted by Gasteiger charge is -2.08. The number of hydrogen-bond donors (Lipinski definition) is 1. The highest BCUT2D eigenvalue weighted by Gasteiger charge is 2.12. The van der Waals surface area contributed by atoms with Crippen LogP contribution in [0.25, 0.3) is 0 Å². The number of nitrogens with zero attached hydrogens (tertiary/aromatic N) is 1. The van der Waals surface area contributed by atoms with Crippen LogP contribution in [0.15, 0.2) is 41.0 Å². The summed E-state index contributed by atoms with van der Waals surface area (Å²) in [4.78, 5) is 15.2. The molecule has 18 heavy (non-hydrogen) atoms. The van der Waals surface area contributed by atoms with Crippen LogP contribution in [0.3, 0.4) is 0 Å². The molecule has 2 rings (SSSR count). The minimum absolute atomic E-state index is 0.0896. The standard InChI is InChI=1S/C13H10BrNO3/c1-8-2-5-12(15-7-8)18-11-4-3-9(14)6-10(11)13(16)17/h2-7H,1H3,(H,16,17). The average Bonchev–Trinajstić information content (AvgIpc) is 2.34. The van der Waals surface area contributed by atoms with Crippen molar-refractivity contribution in [2.75, 3.05) is 0 Å². The number of rotatable bonds is 3. The maximum absolute atomic E-state index is 11.1. The Morgan fingerprint density at radius 3 is 2.72 bits per heavy atom. The minimum atomic E-state index is -1.04. The molecule has 0 aliphatic rings. The van der Waals surface area contributed by atoms with Crippen molar-refractivity contribution in [1.82, 2.24) is 4.98 Å². The first kappa shape index (κ1) is 12.6. The molecule has 1 heterocycles. The maximum Gasteiger partial charge on any atom is 0.339 e. The van der Waals surface area contributed by atoms with Crippen molar-refractivity contribution < 1.29 is 14.6 Å². The van der Waals surface area contributed by atoms with Crippen molar-refractivity contribution in [3.05, 3.63) is 52.1 Å². The van der Waals surface area contributed by atoms with Gasteiger partial charge in [-0.15, -0.1) is 0 Å². The largest absolute Gasteiger partial charge is 0.478 e. The number of pyridine rings is 1. The van der Waals surface area contributed by atoms with Crippen LogP contribution in [0.4, 0.5) is 0 Å². The fourth-order valence-electron chi connectivity index (χ4n) is 1.39. The van der Waals surface area contributed by atoms with E-state index >= 15 is 0 Å². The minimum Gasteiger partial charge on any atom is -0.478 e. The van der Waals surface area contributed by atoms with Gasteiger partial charge in [0.15, 0.2) is 0 Å². The first-order chi connectivity index (χ1) is 8.56. The van der Waals surface area contributed by atoms with Gasteiger partial charge in [-0.25, -0.2) is 9.78 Å². The molecule has 5 heteroatoms. The van der Waals surface area contributed by atoms with E-state index in [-0.39, 0.29) is 11.3 Å². The number of aromatic nitrogens is 1. The van der Waals surface area contributed by atoms with Crippen LogP contribution < -0.4 is 4.74 Å². The van der Waals surface area contributed by atoms with Gasteiger partial charge in [-0.05, 0) is 30.7 Å². The Hall–Kier alpha value is -1.88. The Morgan fingerprint density at radius 1 is 1.33 bits per heavy atom. The summed E-state index contributed by atoms with van der Waals surface area (Å²) in [6.07, 6.45) is 1.66. The quantitative estimate of drug-likeness (QED) is 0.940. The lowest BCUT2D eigenvalue weighted by molar-refractivity contribution is 0.0694. The maximum atomic E-state index is 11.1. The van der Waals surface area contributed by atoms with Crippen molar-refractivity contribution in [3.8, 4) is 11.6 Å². The second-order valence-corrected chi connectivity index (χ2v) is 4.64. The number of ether oxygens (including phenoxy) is 1. The monoisotopic (exact) mass is 307 g/mol. The Balaban J connectivity index is 2.34. The van der Waals surface area contributed by atoms with Gasteiger partial charge < -0.3 is 9.84 Å². The summed E-state index contributed by atoms with van der Waals surface area (Å²) >= 11 is 3.23. The van der Waals surface area contributed by atoms with E-state index in [1.54, 1.807) is 24.4 Å². The van der Waals surface area contributed by atoms with Gasteiger partial charge in [-0.3, -0.25) is 0 Å². The number of carboxylic acid groups (broad SMARTS) is 1. The zero-order chi connectivity index (χ0) is 13.1. The number of carboxylic acids is 1.